The Hall–Kier alpha value is -3.03. The summed E-state index contributed by atoms with van der Waals surface area (Å²) in [5.74, 6) is -0.0379. The van der Waals surface area contributed by atoms with Gasteiger partial charge in [0.15, 0.2) is 11.5 Å². The van der Waals surface area contributed by atoms with Gasteiger partial charge in [0.25, 0.3) is 5.91 Å². The predicted molar refractivity (Wildman–Crippen MR) is 94.1 cm³/mol. The fourth-order valence-electron chi connectivity index (χ4n) is 2.77. The van der Waals surface area contributed by atoms with E-state index in [9.17, 15) is 14.0 Å². The van der Waals surface area contributed by atoms with Gasteiger partial charge in [-0.2, -0.15) is 0 Å². The molecule has 2 aromatic rings. The van der Waals surface area contributed by atoms with Crippen LogP contribution in [0.25, 0.3) is 0 Å². The monoisotopic (exact) mass is 357 g/mol. The average Bonchev–Trinajstić information content (AvgIpc) is 2.67. The smallest absolute Gasteiger partial charge is 0.272 e. The van der Waals surface area contributed by atoms with Gasteiger partial charge in [0.1, 0.15) is 5.82 Å². The molecule has 1 fully saturated rings. The first-order valence-electron chi connectivity index (χ1n) is 8.40. The van der Waals surface area contributed by atoms with Gasteiger partial charge in [0, 0.05) is 45.2 Å². The minimum Gasteiger partial charge on any atom is -0.352 e. The van der Waals surface area contributed by atoms with Crippen LogP contribution in [0.2, 0.25) is 0 Å². The number of halogens is 1. The van der Waals surface area contributed by atoms with Crippen LogP contribution in [0.5, 0.6) is 0 Å². The number of hydrogen-bond donors (Lipinski definition) is 1. The lowest BCUT2D eigenvalue weighted by molar-refractivity contribution is -0.129. The van der Waals surface area contributed by atoms with Gasteiger partial charge in [-0.05, 0) is 18.2 Å². The van der Waals surface area contributed by atoms with Gasteiger partial charge in [-0.1, -0.05) is 18.2 Å². The fourth-order valence-corrected chi connectivity index (χ4v) is 2.77. The Balaban J connectivity index is 1.56. The summed E-state index contributed by atoms with van der Waals surface area (Å²) in [5.41, 5.74) is 0.584. The number of anilines is 1. The van der Waals surface area contributed by atoms with Gasteiger partial charge >= 0.3 is 0 Å². The van der Waals surface area contributed by atoms with Crippen LogP contribution in [-0.4, -0.2) is 53.1 Å². The quantitative estimate of drug-likeness (QED) is 0.890. The van der Waals surface area contributed by atoms with Crippen LogP contribution in [0.3, 0.4) is 0 Å². The van der Waals surface area contributed by atoms with E-state index < -0.39 is 5.91 Å². The molecule has 0 saturated carbocycles. The standard InChI is InChI=1S/C18H20FN5O2/c1-13(25)23-8-10-24(11-9-23)17-7-6-16(21-22-17)18(26)20-12-14-4-2-3-5-15(14)19/h2-7H,8-12H2,1H3,(H,20,26). The molecule has 1 aliphatic heterocycles. The Morgan fingerprint density at radius 3 is 2.42 bits per heavy atom. The van der Waals surface area contributed by atoms with Crippen molar-refractivity contribution in [2.45, 2.75) is 13.5 Å². The molecule has 0 unspecified atom stereocenters. The first kappa shape index (κ1) is 17.8. The van der Waals surface area contributed by atoms with Gasteiger partial charge in [-0.25, -0.2) is 4.39 Å². The lowest BCUT2D eigenvalue weighted by Crippen LogP contribution is -2.48. The zero-order valence-corrected chi connectivity index (χ0v) is 14.5. The number of amides is 2. The summed E-state index contributed by atoms with van der Waals surface area (Å²) in [6.45, 7) is 4.27. The van der Waals surface area contributed by atoms with Crippen molar-refractivity contribution in [2.75, 3.05) is 31.1 Å². The number of carbonyl (C=O) groups is 2. The molecule has 0 atom stereocenters. The molecule has 3 rings (SSSR count). The molecule has 0 aliphatic carbocycles. The number of nitrogens with one attached hydrogen (secondary N) is 1. The Bertz CT molecular complexity index is 788. The van der Waals surface area contributed by atoms with E-state index in [-0.39, 0.29) is 24.0 Å². The number of rotatable bonds is 4. The van der Waals surface area contributed by atoms with Gasteiger partial charge in [0.2, 0.25) is 5.91 Å². The van der Waals surface area contributed by atoms with E-state index >= 15 is 0 Å². The van der Waals surface area contributed by atoms with E-state index in [1.54, 1.807) is 42.2 Å². The van der Waals surface area contributed by atoms with Crippen molar-refractivity contribution in [3.8, 4) is 0 Å². The Morgan fingerprint density at radius 1 is 1.08 bits per heavy atom. The summed E-state index contributed by atoms with van der Waals surface area (Å²) in [7, 11) is 0. The number of nitrogens with zero attached hydrogens (tertiary/aromatic N) is 4. The Morgan fingerprint density at radius 2 is 1.81 bits per heavy atom. The van der Waals surface area contributed by atoms with Crippen LogP contribution in [0.15, 0.2) is 36.4 Å². The minimum absolute atomic E-state index is 0.0672. The van der Waals surface area contributed by atoms with E-state index in [4.69, 9.17) is 0 Å². The van der Waals surface area contributed by atoms with Gasteiger partial charge in [-0.3, -0.25) is 9.59 Å². The molecule has 1 aliphatic rings. The topological polar surface area (TPSA) is 78.4 Å². The van der Waals surface area contributed by atoms with E-state index in [1.807, 2.05) is 4.90 Å². The van der Waals surface area contributed by atoms with Crippen LogP contribution in [-0.2, 0) is 11.3 Å². The number of aromatic nitrogens is 2. The number of benzene rings is 1. The number of piperazine rings is 1. The number of carbonyl (C=O) groups excluding carboxylic acids is 2. The third-order valence-corrected chi connectivity index (χ3v) is 4.33. The average molecular weight is 357 g/mol. The summed E-state index contributed by atoms with van der Waals surface area (Å²) in [4.78, 5) is 27.3. The maximum atomic E-state index is 13.6. The lowest BCUT2D eigenvalue weighted by Gasteiger charge is -2.34. The summed E-state index contributed by atoms with van der Waals surface area (Å²) in [5, 5.41) is 10.7. The van der Waals surface area contributed by atoms with E-state index in [2.05, 4.69) is 15.5 Å². The normalized spacial score (nSPS) is 14.2. The van der Waals surface area contributed by atoms with Crippen molar-refractivity contribution < 1.29 is 14.0 Å². The Kier molecular flexibility index (Phi) is 5.40. The molecule has 0 bridgehead atoms. The van der Waals surface area contributed by atoms with Gasteiger partial charge in [0.05, 0.1) is 0 Å². The molecule has 2 heterocycles. The van der Waals surface area contributed by atoms with E-state index in [1.165, 1.54) is 6.07 Å². The SMILES string of the molecule is CC(=O)N1CCN(c2ccc(C(=O)NCc3ccccc3F)nn2)CC1. The first-order valence-corrected chi connectivity index (χ1v) is 8.40. The van der Waals surface area contributed by atoms with Crippen LogP contribution in [0.1, 0.15) is 23.0 Å². The van der Waals surface area contributed by atoms with Gasteiger partial charge in [-0.15, -0.1) is 10.2 Å². The second-order valence-corrected chi connectivity index (χ2v) is 6.04. The highest BCUT2D eigenvalue weighted by atomic mass is 19.1. The molecule has 1 aromatic carbocycles. The van der Waals surface area contributed by atoms with Crippen LogP contribution >= 0.6 is 0 Å². The highest BCUT2D eigenvalue weighted by molar-refractivity contribution is 5.92. The molecular formula is C18H20FN5O2. The zero-order valence-electron chi connectivity index (χ0n) is 14.5. The predicted octanol–water partition coefficient (Wildman–Crippen LogP) is 1.21. The highest BCUT2D eigenvalue weighted by Gasteiger charge is 2.20. The first-order chi connectivity index (χ1) is 12.5. The van der Waals surface area contributed by atoms with Crippen molar-refractivity contribution in [3.05, 3.63) is 53.5 Å². The van der Waals surface area contributed by atoms with Crippen LogP contribution in [0, 0.1) is 5.82 Å². The van der Waals surface area contributed by atoms with Crippen molar-refractivity contribution >= 4 is 17.6 Å². The summed E-state index contributed by atoms with van der Waals surface area (Å²) >= 11 is 0. The molecule has 2 amide bonds. The Labute approximate surface area is 150 Å². The van der Waals surface area contributed by atoms with Crippen molar-refractivity contribution in [1.82, 2.24) is 20.4 Å². The summed E-state index contributed by atoms with van der Waals surface area (Å²) in [6.07, 6.45) is 0. The molecule has 0 spiro atoms. The molecule has 1 aromatic heterocycles. The zero-order chi connectivity index (χ0) is 18.5. The molecule has 0 radical (unpaired) electrons. The molecule has 26 heavy (non-hydrogen) atoms. The highest BCUT2D eigenvalue weighted by Crippen LogP contribution is 2.13. The molecule has 8 heteroatoms. The lowest BCUT2D eigenvalue weighted by atomic mass is 10.2. The summed E-state index contributed by atoms with van der Waals surface area (Å²) in [6, 6.07) is 9.60. The van der Waals surface area contributed by atoms with Crippen LogP contribution in [0.4, 0.5) is 10.2 Å². The third-order valence-electron chi connectivity index (χ3n) is 4.33. The molecule has 7 nitrogen and oxygen atoms in total. The minimum atomic E-state index is -0.409. The van der Waals surface area contributed by atoms with Crippen LogP contribution < -0.4 is 10.2 Å². The van der Waals surface area contributed by atoms with Crippen molar-refractivity contribution in [1.29, 1.82) is 0 Å². The number of hydrogen-bond acceptors (Lipinski definition) is 5. The second kappa shape index (κ2) is 7.90. The largest absolute Gasteiger partial charge is 0.352 e. The van der Waals surface area contributed by atoms with Crippen molar-refractivity contribution in [3.63, 3.8) is 0 Å². The molecule has 1 saturated heterocycles. The fraction of sp³-hybridized carbons (Fsp3) is 0.333. The third kappa shape index (κ3) is 4.14. The maximum Gasteiger partial charge on any atom is 0.272 e. The summed E-state index contributed by atoms with van der Waals surface area (Å²) < 4.78 is 13.6. The maximum absolute atomic E-state index is 13.6. The molecular weight excluding hydrogens is 337 g/mol. The second-order valence-electron chi connectivity index (χ2n) is 6.04. The van der Waals surface area contributed by atoms with E-state index in [0.717, 1.165) is 0 Å². The van der Waals surface area contributed by atoms with E-state index in [0.29, 0.717) is 37.6 Å². The van der Waals surface area contributed by atoms with Crippen molar-refractivity contribution in [2.24, 2.45) is 0 Å². The van der Waals surface area contributed by atoms with Gasteiger partial charge < -0.3 is 15.1 Å². The molecule has 1 N–H and O–H groups in total. The molecule has 136 valence electrons.